The first-order chi connectivity index (χ1) is 13.2. The Hall–Kier alpha value is -2.66. The van der Waals surface area contributed by atoms with Gasteiger partial charge >= 0.3 is 0 Å². The van der Waals surface area contributed by atoms with Crippen molar-refractivity contribution < 1.29 is 4.79 Å². The average Bonchev–Trinajstić information content (AvgIpc) is 3.10. The zero-order valence-electron chi connectivity index (χ0n) is 16.8. The molecule has 6 heteroatoms. The van der Waals surface area contributed by atoms with Crippen molar-refractivity contribution >= 4 is 17.5 Å². The van der Waals surface area contributed by atoms with Gasteiger partial charge in [0.1, 0.15) is 12.2 Å². The number of hydrogen-bond donors (Lipinski definition) is 1. The molecule has 0 aliphatic heterocycles. The fraction of sp³-hybridized carbons (Fsp3) is 0.318. The predicted octanol–water partition coefficient (Wildman–Crippen LogP) is 5.24. The first-order valence-corrected chi connectivity index (χ1v) is 9.67. The van der Waals surface area contributed by atoms with Crippen LogP contribution in [-0.2, 0) is 0 Å². The molecular formula is C22H25ClN4O. The summed E-state index contributed by atoms with van der Waals surface area (Å²) < 4.78 is 1.91. The van der Waals surface area contributed by atoms with E-state index < -0.39 is 0 Å². The maximum absolute atomic E-state index is 13.1. The first-order valence-electron chi connectivity index (χ1n) is 9.29. The standard InChI is InChI=1S/C22H25ClN4O/c1-14(2)20-26-24-13-27(20)19-17(15-9-11-16(23)12-10-15)7-6-8-18(19)21(28)25-22(3,4)5/h6-14H,1-5H3,(H,25,28). The van der Waals surface area contributed by atoms with Crippen LogP contribution in [0.4, 0.5) is 0 Å². The van der Waals surface area contributed by atoms with Crippen molar-refractivity contribution in [3.8, 4) is 16.8 Å². The Labute approximate surface area is 170 Å². The Bertz CT molecular complexity index is 985. The lowest BCUT2D eigenvalue weighted by atomic mass is 9.98. The van der Waals surface area contributed by atoms with Crippen molar-refractivity contribution in [3.63, 3.8) is 0 Å². The van der Waals surface area contributed by atoms with Gasteiger partial charge in [-0.3, -0.25) is 9.36 Å². The van der Waals surface area contributed by atoms with E-state index >= 15 is 0 Å². The summed E-state index contributed by atoms with van der Waals surface area (Å²) in [6, 6.07) is 13.3. The molecule has 0 aliphatic rings. The second-order valence-corrected chi connectivity index (χ2v) is 8.56. The molecule has 0 aliphatic carbocycles. The van der Waals surface area contributed by atoms with Crippen LogP contribution in [-0.4, -0.2) is 26.2 Å². The van der Waals surface area contributed by atoms with Crippen molar-refractivity contribution in [2.75, 3.05) is 0 Å². The molecule has 3 rings (SSSR count). The molecule has 5 nitrogen and oxygen atoms in total. The smallest absolute Gasteiger partial charge is 0.253 e. The topological polar surface area (TPSA) is 59.8 Å². The van der Waals surface area contributed by atoms with Crippen LogP contribution in [0.25, 0.3) is 16.8 Å². The largest absolute Gasteiger partial charge is 0.347 e. The number of nitrogens with one attached hydrogen (secondary N) is 1. The highest BCUT2D eigenvalue weighted by Crippen LogP contribution is 2.32. The van der Waals surface area contributed by atoms with Crippen LogP contribution < -0.4 is 5.32 Å². The summed E-state index contributed by atoms with van der Waals surface area (Å²) in [5, 5.41) is 12.1. The van der Waals surface area contributed by atoms with Gasteiger partial charge in [-0.05, 0) is 44.5 Å². The van der Waals surface area contributed by atoms with Gasteiger partial charge in [0, 0.05) is 22.0 Å². The van der Waals surface area contributed by atoms with Crippen LogP contribution in [0, 0.1) is 0 Å². The highest BCUT2D eigenvalue weighted by molar-refractivity contribution is 6.30. The molecule has 0 saturated heterocycles. The molecule has 0 fully saturated rings. The zero-order chi connectivity index (χ0) is 20.5. The van der Waals surface area contributed by atoms with E-state index in [1.54, 1.807) is 6.33 Å². The highest BCUT2D eigenvalue weighted by Gasteiger charge is 2.23. The highest BCUT2D eigenvalue weighted by atomic mass is 35.5. The lowest BCUT2D eigenvalue weighted by molar-refractivity contribution is 0.0919. The maximum Gasteiger partial charge on any atom is 0.253 e. The number of para-hydroxylation sites is 1. The Morgan fingerprint density at radius 2 is 1.79 bits per heavy atom. The van der Waals surface area contributed by atoms with Gasteiger partial charge in [0.2, 0.25) is 0 Å². The Morgan fingerprint density at radius 3 is 2.39 bits per heavy atom. The first kappa shape index (κ1) is 20.1. The summed E-state index contributed by atoms with van der Waals surface area (Å²) >= 11 is 6.07. The molecule has 3 aromatic rings. The Morgan fingerprint density at radius 1 is 1.11 bits per heavy atom. The molecule has 0 spiro atoms. The minimum absolute atomic E-state index is 0.137. The van der Waals surface area contributed by atoms with Gasteiger partial charge in [-0.1, -0.05) is 49.7 Å². The summed E-state index contributed by atoms with van der Waals surface area (Å²) in [6.45, 7) is 10.0. The van der Waals surface area contributed by atoms with Gasteiger partial charge in [0.05, 0.1) is 11.3 Å². The number of carbonyl (C=O) groups is 1. The summed E-state index contributed by atoms with van der Waals surface area (Å²) in [6.07, 6.45) is 1.66. The number of halogens is 1. The number of benzene rings is 2. The van der Waals surface area contributed by atoms with E-state index in [1.165, 1.54) is 0 Å². The molecule has 0 radical (unpaired) electrons. The molecule has 1 aromatic heterocycles. The van der Waals surface area contributed by atoms with Gasteiger partial charge in [0.25, 0.3) is 5.91 Å². The van der Waals surface area contributed by atoms with Gasteiger partial charge in [-0.15, -0.1) is 10.2 Å². The third-order valence-corrected chi connectivity index (χ3v) is 4.51. The number of aromatic nitrogens is 3. The van der Waals surface area contributed by atoms with E-state index in [9.17, 15) is 4.79 Å². The monoisotopic (exact) mass is 396 g/mol. The molecule has 0 saturated carbocycles. The number of hydrogen-bond acceptors (Lipinski definition) is 3. The Balaban J connectivity index is 2.26. The predicted molar refractivity (Wildman–Crippen MR) is 113 cm³/mol. The van der Waals surface area contributed by atoms with Crippen molar-refractivity contribution in [1.29, 1.82) is 0 Å². The van der Waals surface area contributed by atoms with E-state index in [0.717, 1.165) is 22.6 Å². The molecule has 1 N–H and O–H groups in total. The lowest BCUT2D eigenvalue weighted by Gasteiger charge is -2.23. The molecule has 0 bridgehead atoms. The van der Waals surface area contributed by atoms with E-state index in [1.807, 2.05) is 67.8 Å². The summed E-state index contributed by atoms with van der Waals surface area (Å²) in [5.74, 6) is 0.812. The van der Waals surface area contributed by atoms with Gasteiger partial charge < -0.3 is 5.32 Å². The molecule has 0 unspecified atom stereocenters. The second-order valence-electron chi connectivity index (χ2n) is 8.13. The quantitative estimate of drug-likeness (QED) is 0.656. The van der Waals surface area contributed by atoms with Crippen LogP contribution in [0.1, 0.15) is 56.7 Å². The van der Waals surface area contributed by atoms with Crippen LogP contribution >= 0.6 is 11.6 Å². The molecular weight excluding hydrogens is 372 g/mol. The van der Waals surface area contributed by atoms with Gasteiger partial charge in [-0.2, -0.15) is 0 Å². The third-order valence-electron chi connectivity index (χ3n) is 4.26. The van der Waals surface area contributed by atoms with Crippen LogP contribution in [0.2, 0.25) is 5.02 Å². The van der Waals surface area contributed by atoms with Crippen molar-refractivity contribution in [2.24, 2.45) is 0 Å². The van der Waals surface area contributed by atoms with E-state index in [4.69, 9.17) is 11.6 Å². The molecule has 2 aromatic carbocycles. The van der Waals surface area contributed by atoms with Crippen molar-refractivity contribution in [2.45, 2.75) is 46.1 Å². The van der Waals surface area contributed by atoms with Crippen LogP contribution in [0.3, 0.4) is 0 Å². The van der Waals surface area contributed by atoms with E-state index in [2.05, 4.69) is 29.4 Å². The minimum Gasteiger partial charge on any atom is -0.347 e. The van der Waals surface area contributed by atoms with Crippen LogP contribution in [0.5, 0.6) is 0 Å². The molecule has 1 amide bonds. The van der Waals surface area contributed by atoms with Gasteiger partial charge in [0.15, 0.2) is 0 Å². The number of carbonyl (C=O) groups excluding carboxylic acids is 1. The second kappa shape index (κ2) is 7.76. The summed E-state index contributed by atoms with van der Waals surface area (Å²) in [5.41, 5.74) is 2.87. The molecule has 146 valence electrons. The molecule has 0 atom stereocenters. The fourth-order valence-electron chi connectivity index (χ4n) is 3.07. The summed E-state index contributed by atoms with van der Waals surface area (Å²) in [4.78, 5) is 13.1. The molecule has 1 heterocycles. The fourth-order valence-corrected chi connectivity index (χ4v) is 3.19. The van der Waals surface area contributed by atoms with E-state index in [-0.39, 0.29) is 17.4 Å². The number of rotatable bonds is 4. The van der Waals surface area contributed by atoms with Crippen molar-refractivity contribution in [1.82, 2.24) is 20.1 Å². The minimum atomic E-state index is -0.349. The van der Waals surface area contributed by atoms with Gasteiger partial charge in [-0.25, -0.2) is 0 Å². The van der Waals surface area contributed by atoms with Crippen molar-refractivity contribution in [3.05, 3.63) is 65.2 Å². The molecule has 28 heavy (non-hydrogen) atoms. The number of nitrogens with zero attached hydrogens (tertiary/aromatic N) is 3. The normalized spacial score (nSPS) is 11.7. The summed E-state index contributed by atoms with van der Waals surface area (Å²) in [7, 11) is 0. The third kappa shape index (κ3) is 4.25. The van der Waals surface area contributed by atoms with Crippen LogP contribution in [0.15, 0.2) is 48.8 Å². The lowest BCUT2D eigenvalue weighted by Crippen LogP contribution is -2.41. The number of amides is 1. The Kier molecular flexibility index (Phi) is 5.57. The zero-order valence-corrected chi connectivity index (χ0v) is 17.6. The SMILES string of the molecule is CC(C)c1nncn1-c1c(C(=O)NC(C)(C)C)cccc1-c1ccc(Cl)cc1. The average molecular weight is 397 g/mol. The maximum atomic E-state index is 13.1. The van der Waals surface area contributed by atoms with E-state index in [0.29, 0.717) is 10.6 Å².